The molecular formula is C11H15BBrNO2. The maximum absolute atomic E-state index is 7.98. The van der Waals surface area contributed by atoms with Gasteiger partial charge in [0.15, 0.2) is 0 Å². The predicted molar refractivity (Wildman–Crippen MR) is 67.7 cm³/mol. The van der Waals surface area contributed by atoms with E-state index < -0.39 is 18.3 Å². The topological polar surface area (TPSA) is 31.4 Å². The molecule has 1 aromatic heterocycles. The Kier molecular flexibility index (Phi) is 2.07. The summed E-state index contributed by atoms with van der Waals surface area (Å²) in [7, 11) is -0.826. The van der Waals surface area contributed by atoms with Gasteiger partial charge >= 0.3 is 7.12 Å². The molecule has 1 aromatic rings. The summed E-state index contributed by atoms with van der Waals surface area (Å²) in [5, 5.41) is 0. The predicted octanol–water partition coefficient (Wildman–Crippen LogP) is 2.14. The number of aromatic nitrogens is 1. The third kappa shape index (κ3) is 2.04. The second-order valence-electron chi connectivity index (χ2n) is 4.77. The zero-order valence-corrected chi connectivity index (χ0v) is 11.3. The van der Waals surface area contributed by atoms with Crippen molar-refractivity contribution >= 4 is 28.5 Å². The van der Waals surface area contributed by atoms with Gasteiger partial charge in [0.2, 0.25) is 0 Å². The molecule has 0 saturated carbocycles. The molecule has 1 aliphatic rings. The Morgan fingerprint density at radius 2 is 1.88 bits per heavy atom. The van der Waals surface area contributed by atoms with Crippen molar-refractivity contribution in [2.45, 2.75) is 38.9 Å². The summed E-state index contributed by atoms with van der Waals surface area (Å²) in [6, 6.07) is -0.105. The van der Waals surface area contributed by atoms with Crippen molar-refractivity contribution in [2.75, 3.05) is 0 Å². The van der Waals surface area contributed by atoms with Crippen LogP contribution < -0.4 is 5.46 Å². The van der Waals surface area contributed by atoms with Crippen LogP contribution >= 0.6 is 15.9 Å². The summed E-state index contributed by atoms with van der Waals surface area (Å²) in [4.78, 5) is 3.77. The van der Waals surface area contributed by atoms with Gasteiger partial charge in [-0.2, -0.15) is 0 Å². The van der Waals surface area contributed by atoms with E-state index in [9.17, 15) is 0 Å². The van der Waals surface area contributed by atoms with Gasteiger partial charge in [-0.1, -0.05) is 0 Å². The molecule has 0 amide bonds. The molecule has 5 heteroatoms. The van der Waals surface area contributed by atoms with E-state index in [2.05, 4.69) is 20.9 Å². The fourth-order valence-corrected chi connectivity index (χ4v) is 1.69. The van der Waals surface area contributed by atoms with Crippen LogP contribution in [0.2, 0.25) is 0 Å². The third-order valence-corrected chi connectivity index (χ3v) is 3.45. The Bertz CT molecular complexity index is 497. The highest BCUT2D eigenvalue weighted by Crippen LogP contribution is 2.36. The molecule has 1 saturated heterocycles. The highest BCUT2D eigenvalue weighted by atomic mass is 79.9. The molecule has 2 rings (SSSR count). The van der Waals surface area contributed by atoms with Crippen molar-refractivity contribution in [1.29, 1.82) is 0 Å². The van der Waals surface area contributed by atoms with E-state index in [0.717, 1.165) is 0 Å². The van der Waals surface area contributed by atoms with Crippen LogP contribution in [0.3, 0.4) is 0 Å². The van der Waals surface area contributed by atoms with E-state index in [4.69, 9.17) is 13.4 Å². The van der Waals surface area contributed by atoms with Crippen LogP contribution in [0.1, 0.15) is 31.8 Å². The van der Waals surface area contributed by atoms with Crippen LogP contribution in [0, 0.1) is 0 Å². The minimum atomic E-state index is -0.826. The lowest BCUT2D eigenvalue weighted by atomic mass is 9.80. The second kappa shape index (κ2) is 3.82. The number of rotatable bonds is 1. The Morgan fingerprint density at radius 1 is 1.31 bits per heavy atom. The lowest BCUT2D eigenvalue weighted by Crippen LogP contribution is -2.41. The van der Waals surface area contributed by atoms with Crippen molar-refractivity contribution in [3.8, 4) is 0 Å². The van der Waals surface area contributed by atoms with Crippen LogP contribution in [-0.2, 0) is 9.31 Å². The number of halogens is 1. The quantitative estimate of drug-likeness (QED) is 0.586. The monoisotopic (exact) mass is 286 g/mol. The summed E-state index contributed by atoms with van der Waals surface area (Å²) in [5.41, 5.74) is -0.853. The molecule has 0 bridgehead atoms. The summed E-state index contributed by atoms with van der Waals surface area (Å²) in [5.74, 6) is 0. The van der Waals surface area contributed by atoms with E-state index in [-0.39, 0.29) is 28.3 Å². The van der Waals surface area contributed by atoms with Crippen LogP contribution in [0.4, 0.5) is 0 Å². The van der Waals surface area contributed by atoms with Gasteiger partial charge in [-0.3, -0.25) is 0 Å². The minimum Gasteiger partial charge on any atom is -0.399 e. The van der Waals surface area contributed by atoms with E-state index in [1.165, 1.54) is 0 Å². The largest absolute Gasteiger partial charge is 0.494 e. The molecule has 0 spiro atoms. The van der Waals surface area contributed by atoms with E-state index in [1.54, 1.807) is 0 Å². The molecule has 0 aliphatic carbocycles. The van der Waals surface area contributed by atoms with Crippen molar-refractivity contribution < 1.29 is 13.4 Å². The number of hydrogen-bond acceptors (Lipinski definition) is 3. The van der Waals surface area contributed by atoms with Gasteiger partial charge in [-0.05, 0) is 61.2 Å². The van der Waals surface area contributed by atoms with Crippen molar-refractivity contribution in [3.05, 3.63) is 22.9 Å². The normalized spacial score (nSPS) is 25.1. The summed E-state index contributed by atoms with van der Waals surface area (Å²) >= 11 is 3.12. The zero-order valence-electron chi connectivity index (χ0n) is 12.7. The van der Waals surface area contributed by atoms with Crippen molar-refractivity contribution in [3.63, 3.8) is 0 Å². The summed E-state index contributed by atoms with van der Waals surface area (Å²) in [6.07, 6.45) is -0.201. The minimum absolute atomic E-state index is 0.0273. The second-order valence-corrected chi connectivity index (χ2v) is 5.52. The number of nitrogens with zero attached hydrogens (tertiary/aromatic N) is 1. The van der Waals surface area contributed by atoms with Crippen LogP contribution in [-0.4, -0.2) is 23.3 Å². The van der Waals surface area contributed by atoms with Gasteiger partial charge in [0, 0.05) is 6.17 Å². The molecule has 1 aliphatic heterocycles. The van der Waals surface area contributed by atoms with E-state index >= 15 is 0 Å². The molecule has 86 valence electrons. The first-order valence-electron chi connectivity index (χ1n) is 6.55. The highest BCUT2D eigenvalue weighted by Gasteiger charge is 2.51. The molecule has 16 heavy (non-hydrogen) atoms. The Labute approximate surface area is 109 Å². The fraction of sp³-hybridized carbons (Fsp3) is 0.545. The summed E-state index contributed by atoms with van der Waals surface area (Å²) < 4.78 is 35.4. The maximum Gasteiger partial charge on any atom is 0.494 e. The Balaban J connectivity index is 2.51. The lowest BCUT2D eigenvalue weighted by Gasteiger charge is -2.32. The summed E-state index contributed by atoms with van der Waals surface area (Å²) in [6.45, 7) is 7.60. The van der Waals surface area contributed by atoms with Crippen molar-refractivity contribution in [2.24, 2.45) is 0 Å². The molecule has 0 atom stereocenters. The average molecular weight is 287 g/mol. The van der Waals surface area contributed by atoms with Gasteiger partial charge in [-0.25, -0.2) is 4.98 Å². The Hall–Kier alpha value is -0.385. The molecule has 3 nitrogen and oxygen atoms in total. The number of pyridine rings is 1. The van der Waals surface area contributed by atoms with Crippen LogP contribution in [0.5, 0.6) is 0 Å². The average Bonchev–Trinajstić information content (AvgIpc) is 2.45. The standard InChI is InChI=1S/C11H15BBrNO2/c1-10(2)11(3,4)16-12(15-10)8-5-6-14-9(13)7-8/h5-7H,1-4H3/i5D,6D,7D. The highest BCUT2D eigenvalue weighted by molar-refractivity contribution is 9.10. The Morgan fingerprint density at radius 3 is 2.44 bits per heavy atom. The van der Waals surface area contributed by atoms with Crippen LogP contribution in [0.15, 0.2) is 22.9 Å². The van der Waals surface area contributed by atoms with Gasteiger partial charge in [0.25, 0.3) is 0 Å². The van der Waals surface area contributed by atoms with Gasteiger partial charge in [0.05, 0.1) is 15.3 Å². The first-order valence-corrected chi connectivity index (χ1v) is 5.85. The van der Waals surface area contributed by atoms with E-state index in [0.29, 0.717) is 0 Å². The molecule has 0 unspecified atom stereocenters. The van der Waals surface area contributed by atoms with Gasteiger partial charge in [-0.15, -0.1) is 0 Å². The zero-order chi connectivity index (χ0) is 14.6. The molecule has 1 fully saturated rings. The maximum atomic E-state index is 7.98. The SMILES string of the molecule is [2H]c1nc(Br)c([2H])c(B2OC(C)(C)C(C)(C)O2)c1[2H]. The molecular weight excluding hydrogens is 269 g/mol. The first-order chi connectivity index (χ1) is 8.57. The lowest BCUT2D eigenvalue weighted by molar-refractivity contribution is 0.00578. The van der Waals surface area contributed by atoms with Crippen molar-refractivity contribution in [1.82, 2.24) is 4.98 Å². The van der Waals surface area contributed by atoms with Crippen LogP contribution in [0.25, 0.3) is 0 Å². The number of hydrogen-bond donors (Lipinski definition) is 0. The third-order valence-electron chi connectivity index (χ3n) is 3.07. The fourth-order valence-electron chi connectivity index (χ4n) is 1.39. The molecule has 0 aromatic carbocycles. The smallest absolute Gasteiger partial charge is 0.399 e. The molecule has 0 radical (unpaired) electrons. The molecule has 0 N–H and O–H groups in total. The van der Waals surface area contributed by atoms with Gasteiger partial charge in [0.1, 0.15) is 4.60 Å². The first kappa shape index (κ1) is 8.67. The van der Waals surface area contributed by atoms with Gasteiger partial charge < -0.3 is 9.31 Å². The van der Waals surface area contributed by atoms with E-state index in [1.807, 2.05) is 27.7 Å². The molecule has 2 heterocycles.